The van der Waals surface area contributed by atoms with Gasteiger partial charge in [0.15, 0.2) is 0 Å². The zero-order chi connectivity index (χ0) is 14.0. The first-order valence-electron chi connectivity index (χ1n) is 5.60. The fourth-order valence-electron chi connectivity index (χ4n) is 1.49. The number of nitrogens with one attached hydrogen (secondary N) is 1. The molecule has 1 heterocycles. The highest BCUT2D eigenvalue weighted by atomic mass is 32.2. The zero-order valence-corrected chi connectivity index (χ0v) is 12.1. The number of aromatic nitrogens is 2. The molecule has 0 aliphatic rings. The number of benzene rings is 1. The Morgan fingerprint density at radius 3 is 2.63 bits per heavy atom. The zero-order valence-electron chi connectivity index (χ0n) is 10.5. The minimum Gasteiger partial charge on any atom is -0.374 e. The van der Waals surface area contributed by atoms with Crippen LogP contribution in [-0.2, 0) is 10.0 Å². The number of rotatable bonds is 4. The normalized spacial score (nSPS) is 11.7. The minimum atomic E-state index is -3.72. The van der Waals surface area contributed by atoms with Gasteiger partial charge in [0, 0.05) is 5.69 Å². The van der Waals surface area contributed by atoms with Crippen LogP contribution >= 0.6 is 11.3 Å². The number of nitrogens with zero attached hydrogens (tertiary/aromatic N) is 2. The van der Waals surface area contributed by atoms with Gasteiger partial charge in [0.05, 0.1) is 0 Å². The van der Waals surface area contributed by atoms with Crippen LogP contribution in [-0.4, -0.2) is 18.6 Å². The molecule has 2 aromatic rings. The lowest BCUT2D eigenvalue weighted by Gasteiger charge is -2.09. The molecule has 0 radical (unpaired) electrons. The molecular formula is C11H14N4O2S2. The third-order valence-electron chi connectivity index (χ3n) is 2.46. The van der Waals surface area contributed by atoms with Crippen molar-refractivity contribution in [2.45, 2.75) is 24.1 Å². The van der Waals surface area contributed by atoms with E-state index < -0.39 is 10.0 Å². The quantitative estimate of drug-likeness (QED) is 0.900. The Morgan fingerprint density at radius 2 is 2.05 bits per heavy atom. The summed E-state index contributed by atoms with van der Waals surface area (Å²) in [5.41, 5.74) is 6.94. The smallest absolute Gasteiger partial charge is 0.291 e. The molecule has 0 fully saturated rings. The first kappa shape index (κ1) is 13.8. The molecule has 6 nitrogen and oxygen atoms in total. The molecule has 0 atom stereocenters. The molecule has 0 spiro atoms. The van der Waals surface area contributed by atoms with Crippen LogP contribution in [0.2, 0.25) is 0 Å². The van der Waals surface area contributed by atoms with E-state index in [4.69, 9.17) is 5.73 Å². The summed E-state index contributed by atoms with van der Waals surface area (Å²) >= 11 is 0.830. The second kappa shape index (κ2) is 5.14. The van der Waals surface area contributed by atoms with E-state index in [-0.39, 0.29) is 9.47 Å². The van der Waals surface area contributed by atoms with E-state index in [1.54, 1.807) is 12.1 Å². The van der Waals surface area contributed by atoms with Crippen LogP contribution < -0.4 is 10.5 Å². The Hall–Kier alpha value is -1.67. The molecular weight excluding hydrogens is 284 g/mol. The molecule has 0 saturated heterocycles. The van der Waals surface area contributed by atoms with E-state index in [0.717, 1.165) is 16.9 Å². The number of hydrogen-bond acceptors (Lipinski definition) is 6. The van der Waals surface area contributed by atoms with Crippen LogP contribution in [0.3, 0.4) is 0 Å². The summed E-state index contributed by atoms with van der Waals surface area (Å²) in [6.45, 7) is 4.08. The van der Waals surface area contributed by atoms with Crippen LogP contribution in [0.25, 0.3) is 0 Å². The summed E-state index contributed by atoms with van der Waals surface area (Å²) in [6.07, 6.45) is 0. The standard InChI is InChI=1S/C11H14N4O2S2/c1-7(2)8-4-3-5-9(6-8)15-19(16,17)11-14-13-10(12)18-11/h3-7,15H,1-2H3,(H2,12,13). The fourth-order valence-corrected chi connectivity index (χ4v) is 3.32. The van der Waals surface area contributed by atoms with Crippen molar-refractivity contribution < 1.29 is 8.42 Å². The second-order valence-electron chi connectivity index (χ2n) is 4.29. The maximum absolute atomic E-state index is 12.0. The minimum absolute atomic E-state index is 0.122. The fraction of sp³-hybridized carbons (Fsp3) is 0.273. The van der Waals surface area contributed by atoms with Gasteiger partial charge in [-0.3, -0.25) is 4.72 Å². The molecule has 102 valence electrons. The van der Waals surface area contributed by atoms with E-state index in [0.29, 0.717) is 11.6 Å². The van der Waals surface area contributed by atoms with Gasteiger partial charge in [0.25, 0.3) is 14.4 Å². The highest BCUT2D eigenvalue weighted by molar-refractivity contribution is 7.94. The van der Waals surface area contributed by atoms with E-state index in [2.05, 4.69) is 14.9 Å². The summed E-state index contributed by atoms with van der Waals surface area (Å²) < 4.78 is 26.4. The molecule has 19 heavy (non-hydrogen) atoms. The van der Waals surface area contributed by atoms with Crippen LogP contribution in [0.5, 0.6) is 0 Å². The lowest BCUT2D eigenvalue weighted by atomic mass is 10.0. The molecule has 0 saturated carbocycles. The Bertz CT molecular complexity index is 680. The summed E-state index contributed by atoms with van der Waals surface area (Å²) in [5, 5.41) is 7.15. The molecule has 0 aliphatic heterocycles. The predicted octanol–water partition coefficient (Wildman–Crippen LogP) is 2.04. The van der Waals surface area contributed by atoms with E-state index in [1.807, 2.05) is 26.0 Å². The Morgan fingerprint density at radius 1 is 1.32 bits per heavy atom. The summed E-state index contributed by atoms with van der Waals surface area (Å²) in [5.74, 6) is 0.321. The first-order chi connectivity index (χ1) is 8.88. The molecule has 0 unspecified atom stereocenters. The van der Waals surface area contributed by atoms with Crippen molar-refractivity contribution in [1.82, 2.24) is 10.2 Å². The number of anilines is 2. The van der Waals surface area contributed by atoms with E-state index >= 15 is 0 Å². The second-order valence-corrected chi connectivity index (χ2v) is 7.16. The molecule has 3 N–H and O–H groups in total. The van der Waals surface area contributed by atoms with Gasteiger partial charge < -0.3 is 5.73 Å². The highest BCUT2D eigenvalue weighted by Crippen LogP contribution is 2.23. The van der Waals surface area contributed by atoms with Gasteiger partial charge in [0.2, 0.25) is 5.13 Å². The molecule has 0 aliphatic carbocycles. The monoisotopic (exact) mass is 298 g/mol. The summed E-state index contributed by atoms with van der Waals surface area (Å²) in [7, 11) is -3.72. The number of nitrogens with two attached hydrogens (primary N) is 1. The molecule has 8 heteroatoms. The molecule has 0 amide bonds. The van der Waals surface area contributed by atoms with Crippen molar-refractivity contribution in [2.24, 2.45) is 0 Å². The van der Waals surface area contributed by atoms with Crippen molar-refractivity contribution in [3.05, 3.63) is 29.8 Å². The third kappa shape index (κ3) is 3.21. The lowest BCUT2D eigenvalue weighted by Crippen LogP contribution is -2.13. The van der Waals surface area contributed by atoms with Crippen LogP contribution in [0.15, 0.2) is 28.6 Å². The van der Waals surface area contributed by atoms with Crippen LogP contribution in [0.4, 0.5) is 10.8 Å². The van der Waals surface area contributed by atoms with E-state index in [1.165, 1.54) is 0 Å². The van der Waals surface area contributed by atoms with Crippen molar-refractivity contribution in [2.75, 3.05) is 10.5 Å². The van der Waals surface area contributed by atoms with E-state index in [9.17, 15) is 8.42 Å². The van der Waals surface area contributed by atoms with Gasteiger partial charge in [-0.15, -0.1) is 10.2 Å². The maximum Gasteiger partial charge on any atom is 0.291 e. The molecule has 1 aromatic heterocycles. The number of nitrogen functional groups attached to an aromatic ring is 1. The summed E-state index contributed by atoms with van der Waals surface area (Å²) in [6, 6.07) is 7.24. The van der Waals surface area contributed by atoms with Gasteiger partial charge in [-0.2, -0.15) is 8.42 Å². The highest BCUT2D eigenvalue weighted by Gasteiger charge is 2.19. The number of hydrogen-bond donors (Lipinski definition) is 2. The first-order valence-corrected chi connectivity index (χ1v) is 7.90. The SMILES string of the molecule is CC(C)c1cccc(NS(=O)(=O)c2nnc(N)s2)c1. The van der Waals surface area contributed by atoms with Gasteiger partial charge in [0.1, 0.15) is 0 Å². The van der Waals surface area contributed by atoms with Crippen molar-refractivity contribution in [1.29, 1.82) is 0 Å². The van der Waals surface area contributed by atoms with Crippen LogP contribution in [0.1, 0.15) is 25.3 Å². The van der Waals surface area contributed by atoms with Crippen molar-refractivity contribution >= 4 is 32.2 Å². The third-order valence-corrected chi connectivity index (χ3v) is 4.96. The van der Waals surface area contributed by atoms with Gasteiger partial charge in [-0.1, -0.05) is 37.3 Å². The Labute approximate surface area is 115 Å². The molecule has 1 aromatic carbocycles. The van der Waals surface area contributed by atoms with Crippen molar-refractivity contribution in [3.63, 3.8) is 0 Å². The molecule has 0 bridgehead atoms. The van der Waals surface area contributed by atoms with Crippen LogP contribution in [0, 0.1) is 0 Å². The van der Waals surface area contributed by atoms with Gasteiger partial charge >= 0.3 is 0 Å². The van der Waals surface area contributed by atoms with Gasteiger partial charge in [-0.05, 0) is 23.6 Å². The van der Waals surface area contributed by atoms with Gasteiger partial charge in [-0.25, -0.2) is 0 Å². The Kier molecular flexibility index (Phi) is 3.72. The average Bonchev–Trinajstić information content (AvgIpc) is 2.76. The number of sulfonamides is 1. The molecule has 2 rings (SSSR count). The maximum atomic E-state index is 12.0. The predicted molar refractivity (Wildman–Crippen MR) is 75.7 cm³/mol. The summed E-state index contributed by atoms with van der Waals surface area (Å²) in [4.78, 5) is 0. The largest absolute Gasteiger partial charge is 0.374 e. The lowest BCUT2D eigenvalue weighted by molar-refractivity contribution is 0.599. The Balaban J connectivity index is 2.28. The topological polar surface area (TPSA) is 98.0 Å². The average molecular weight is 298 g/mol. The van der Waals surface area contributed by atoms with Crippen molar-refractivity contribution in [3.8, 4) is 0 Å².